The lowest BCUT2D eigenvalue weighted by atomic mass is 10.0. The van der Waals surface area contributed by atoms with Gasteiger partial charge in [0.15, 0.2) is 0 Å². The summed E-state index contributed by atoms with van der Waals surface area (Å²) >= 11 is 0. The van der Waals surface area contributed by atoms with Crippen LogP contribution in [0.3, 0.4) is 0 Å². The first-order valence-corrected chi connectivity index (χ1v) is 9.35. The Kier molecular flexibility index (Phi) is 8.57. The van der Waals surface area contributed by atoms with Crippen molar-refractivity contribution in [2.24, 2.45) is 0 Å². The van der Waals surface area contributed by atoms with Crippen molar-refractivity contribution in [2.45, 2.75) is 19.4 Å². The maximum atomic E-state index is 11.3. The smallest absolute Gasteiger partial charge is 0.317 e. The van der Waals surface area contributed by atoms with Gasteiger partial charge in [0.2, 0.25) is 0 Å². The van der Waals surface area contributed by atoms with Crippen molar-refractivity contribution >= 4 is 18.5 Å². The van der Waals surface area contributed by atoms with E-state index in [4.69, 9.17) is 0 Å². The van der Waals surface area contributed by atoms with Gasteiger partial charge in [0.05, 0.1) is 19.6 Å². The lowest BCUT2D eigenvalue weighted by Gasteiger charge is -2.33. The lowest BCUT2D eigenvalue weighted by molar-refractivity contribution is -0.138. The number of aryl methyl sites for hydroxylation is 1. The molecule has 1 saturated heterocycles. The van der Waals surface area contributed by atoms with Crippen LogP contribution >= 0.6 is 0 Å². The number of aliphatic carboxylic acids is 1. The molecule has 1 aliphatic rings. The van der Waals surface area contributed by atoms with E-state index >= 15 is 0 Å². The maximum absolute atomic E-state index is 11.3. The van der Waals surface area contributed by atoms with E-state index in [9.17, 15) is 19.5 Å². The second-order valence-corrected chi connectivity index (χ2v) is 7.10. The molecular weight excluding hydrogens is 346 g/mol. The number of carbonyl (C=O) groups excluding carboxylic acids is 2. The molecule has 0 aromatic heterocycles. The van der Waals surface area contributed by atoms with Crippen molar-refractivity contribution in [1.82, 2.24) is 14.7 Å². The number of hydrogen-bond donors (Lipinski definition) is 1. The Morgan fingerprint density at radius 2 is 1.67 bits per heavy atom. The van der Waals surface area contributed by atoms with Gasteiger partial charge in [-0.05, 0) is 18.9 Å². The molecule has 0 bridgehead atoms. The van der Waals surface area contributed by atoms with Gasteiger partial charge < -0.3 is 14.7 Å². The fourth-order valence-electron chi connectivity index (χ4n) is 3.50. The maximum Gasteiger partial charge on any atom is 0.317 e. The Hall–Kier alpha value is -2.09. The van der Waals surface area contributed by atoms with Crippen LogP contribution in [0.1, 0.15) is 11.1 Å². The highest BCUT2D eigenvalue weighted by Crippen LogP contribution is 2.14. The molecule has 1 fully saturated rings. The third-order valence-electron chi connectivity index (χ3n) is 5.01. The number of rotatable bonds is 8. The van der Waals surface area contributed by atoms with Gasteiger partial charge in [0, 0.05) is 38.8 Å². The summed E-state index contributed by atoms with van der Waals surface area (Å²) in [6.45, 7) is 5.75. The predicted molar refractivity (Wildman–Crippen MR) is 103 cm³/mol. The summed E-state index contributed by atoms with van der Waals surface area (Å²) in [4.78, 5) is 39.5. The summed E-state index contributed by atoms with van der Waals surface area (Å²) in [5.74, 6) is -0.868. The summed E-state index contributed by atoms with van der Waals surface area (Å²) in [5, 5.41) is 9.26. The highest BCUT2D eigenvalue weighted by Gasteiger charge is 2.25. The lowest BCUT2D eigenvalue weighted by Crippen LogP contribution is -2.47. The second kappa shape index (κ2) is 10.9. The number of nitrogens with zero attached hydrogens (tertiary/aromatic N) is 3. The van der Waals surface area contributed by atoms with Crippen molar-refractivity contribution in [1.29, 1.82) is 0 Å². The topological polar surface area (TPSA) is 81.2 Å². The van der Waals surface area contributed by atoms with E-state index in [1.54, 1.807) is 0 Å². The predicted octanol–water partition coefficient (Wildman–Crippen LogP) is 0.308. The van der Waals surface area contributed by atoms with Gasteiger partial charge in [-0.1, -0.05) is 29.8 Å². The Balaban J connectivity index is 2.22. The molecule has 0 saturated carbocycles. The van der Waals surface area contributed by atoms with Crippen molar-refractivity contribution in [3.05, 3.63) is 35.4 Å². The van der Waals surface area contributed by atoms with Gasteiger partial charge >= 0.3 is 5.97 Å². The third kappa shape index (κ3) is 7.21. The van der Waals surface area contributed by atoms with Gasteiger partial charge in [-0.3, -0.25) is 19.5 Å². The molecule has 1 aromatic rings. The molecule has 1 heterocycles. The van der Waals surface area contributed by atoms with Crippen LogP contribution in [0.2, 0.25) is 0 Å². The molecule has 1 atom stereocenters. The molecule has 148 valence electrons. The number of carbonyl (C=O) groups is 3. The van der Waals surface area contributed by atoms with Crippen molar-refractivity contribution in [2.75, 3.05) is 52.4 Å². The van der Waals surface area contributed by atoms with Crippen LogP contribution in [-0.2, 0) is 20.8 Å². The second-order valence-electron chi connectivity index (χ2n) is 7.10. The minimum atomic E-state index is -0.868. The zero-order valence-corrected chi connectivity index (χ0v) is 15.9. The standard InChI is InChI=1S/C20H29N3O4/c1-17-2-4-18(5-3-17)14-19-15-22(16-20(26)27)7-6-21(10-12-24)8-9-23(19)11-13-25/h2-5,12-13,19H,6-11,14-16H2,1H3,(H,26,27). The molecule has 0 radical (unpaired) electrons. The van der Waals surface area contributed by atoms with Crippen LogP contribution in [-0.4, -0.2) is 96.7 Å². The van der Waals surface area contributed by atoms with E-state index in [1.807, 2.05) is 16.7 Å². The van der Waals surface area contributed by atoms with Crippen LogP contribution in [0.5, 0.6) is 0 Å². The van der Waals surface area contributed by atoms with E-state index in [-0.39, 0.29) is 12.6 Å². The quantitative estimate of drug-likeness (QED) is 0.655. The molecule has 0 spiro atoms. The highest BCUT2D eigenvalue weighted by atomic mass is 16.4. The van der Waals surface area contributed by atoms with Crippen LogP contribution in [0.15, 0.2) is 24.3 Å². The number of hydrogen-bond acceptors (Lipinski definition) is 6. The Morgan fingerprint density at radius 3 is 2.30 bits per heavy atom. The summed E-state index contributed by atoms with van der Waals surface area (Å²) in [7, 11) is 0. The SMILES string of the molecule is Cc1ccc(CC2CN(CC(=O)O)CCN(CC=O)CCN2CC=O)cc1. The first kappa shape index (κ1) is 21.2. The minimum absolute atomic E-state index is 0.0356. The third-order valence-corrected chi connectivity index (χ3v) is 5.01. The molecule has 1 N–H and O–H groups in total. The molecular formula is C20H29N3O4. The molecule has 7 heteroatoms. The van der Waals surface area contributed by atoms with E-state index in [0.29, 0.717) is 45.8 Å². The molecule has 1 aliphatic heterocycles. The molecule has 1 aromatic carbocycles. The molecule has 27 heavy (non-hydrogen) atoms. The number of benzene rings is 1. The fraction of sp³-hybridized carbons (Fsp3) is 0.550. The average molecular weight is 375 g/mol. The number of carboxylic acids is 1. The summed E-state index contributed by atoms with van der Waals surface area (Å²) in [6, 6.07) is 8.33. The molecule has 0 aliphatic carbocycles. The molecule has 1 unspecified atom stereocenters. The fourth-order valence-corrected chi connectivity index (χ4v) is 3.50. The summed E-state index contributed by atoms with van der Waals surface area (Å²) in [6.07, 6.45) is 2.51. The number of aldehydes is 2. The highest BCUT2D eigenvalue weighted by molar-refractivity contribution is 5.69. The van der Waals surface area contributed by atoms with Crippen molar-refractivity contribution < 1.29 is 19.5 Å². The number of carboxylic acid groups (broad SMARTS) is 1. The molecule has 0 amide bonds. The summed E-state index contributed by atoms with van der Waals surface area (Å²) < 4.78 is 0. The summed E-state index contributed by atoms with van der Waals surface area (Å²) in [5.41, 5.74) is 2.36. The van der Waals surface area contributed by atoms with E-state index in [1.165, 1.54) is 11.1 Å². The Labute approximate surface area is 160 Å². The molecule has 7 nitrogen and oxygen atoms in total. The van der Waals surface area contributed by atoms with E-state index in [2.05, 4.69) is 29.2 Å². The zero-order chi connectivity index (χ0) is 19.6. The monoisotopic (exact) mass is 375 g/mol. The van der Waals surface area contributed by atoms with Crippen LogP contribution in [0.25, 0.3) is 0 Å². The Morgan fingerprint density at radius 1 is 1.04 bits per heavy atom. The van der Waals surface area contributed by atoms with Crippen LogP contribution in [0.4, 0.5) is 0 Å². The van der Waals surface area contributed by atoms with Crippen molar-refractivity contribution in [3.8, 4) is 0 Å². The van der Waals surface area contributed by atoms with Gasteiger partial charge in [-0.15, -0.1) is 0 Å². The van der Waals surface area contributed by atoms with Crippen LogP contribution < -0.4 is 0 Å². The van der Waals surface area contributed by atoms with Gasteiger partial charge in [-0.2, -0.15) is 0 Å². The van der Waals surface area contributed by atoms with E-state index < -0.39 is 5.97 Å². The van der Waals surface area contributed by atoms with Crippen molar-refractivity contribution in [3.63, 3.8) is 0 Å². The largest absolute Gasteiger partial charge is 0.480 e. The average Bonchev–Trinajstić information content (AvgIpc) is 2.69. The van der Waals surface area contributed by atoms with E-state index in [0.717, 1.165) is 19.0 Å². The Bertz CT molecular complexity index is 620. The minimum Gasteiger partial charge on any atom is -0.480 e. The normalized spacial score (nSPS) is 20.4. The first-order valence-electron chi connectivity index (χ1n) is 9.35. The molecule has 2 rings (SSSR count). The zero-order valence-electron chi connectivity index (χ0n) is 15.9. The van der Waals surface area contributed by atoms with Gasteiger partial charge in [-0.25, -0.2) is 0 Å². The van der Waals surface area contributed by atoms with Gasteiger partial charge in [0.1, 0.15) is 12.6 Å². The van der Waals surface area contributed by atoms with Gasteiger partial charge in [0.25, 0.3) is 0 Å². The van der Waals surface area contributed by atoms with Crippen LogP contribution in [0, 0.1) is 6.92 Å². The first-order chi connectivity index (χ1) is 13.0.